The van der Waals surface area contributed by atoms with E-state index in [1.54, 1.807) is 0 Å². The molecular formula is C11H21N5. The maximum atomic E-state index is 5.69. The summed E-state index contributed by atoms with van der Waals surface area (Å²) in [4.78, 5) is 0. The van der Waals surface area contributed by atoms with Crippen LogP contribution in [-0.2, 0) is 6.54 Å². The fourth-order valence-corrected chi connectivity index (χ4v) is 2.65. The van der Waals surface area contributed by atoms with Gasteiger partial charge >= 0.3 is 0 Å². The van der Waals surface area contributed by atoms with Crippen molar-refractivity contribution in [1.29, 1.82) is 0 Å². The van der Waals surface area contributed by atoms with Crippen molar-refractivity contribution >= 4 is 0 Å². The molecule has 3 N–H and O–H groups in total. The Labute approximate surface area is 96.4 Å². The fraction of sp³-hybridized carbons (Fsp3) is 0.818. The molecule has 5 nitrogen and oxygen atoms in total. The Morgan fingerprint density at radius 2 is 2.31 bits per heavy atom. The maximum absolute atomic E-state index is 5.69. The SMILES string of the molecule is CCCn1nncc1C(NN)C1CCCC1. The van der Waals surface area contributed by atoms with E-state index in [0.717, 1.165) is 18.7 Å². The van der Waals surface area contributed by atoms with Crippen LogP contribution in [0.25, 0.3) is 0 Å². The van der Waals surface area contributed by atoms with E-state index in [9.17, 15) is 0 Å². The number of rotatable bonds is 5. The summed E-state index contributed by atoms with van der Waals surface area (Å²) >= 11 is 0. The highest BCUT2D eigenvalue weighted by molar-refractivity contribution is 5.04. The minimum absolute atomic E-state index is 0.212. The van der Waals surface area contributed by atoms with E-state index >= 15 is 0 Å². The largest absolute Gasteiger partial charge is 0.271 e. The van der Waals surface area contributed by atoms with Crippen molar-refractivity contribution in [3.05, 3.63) is 11.9 Å². The molecule has 1 saturated carbocycles. The number of nitrogens with two attached hydrogens (primary N) is 1. The van der Waals surface area contributed by atoms with Crippen molar-refractivity contribution in [3.63, 3.8) is 0 Å². The van der Waals surface area contributed by atoms with Gasteiger partial charge in [-0.05, 0) is 25.2 Å². The average Bonchev–Trinajstić information content (AvgIpc) is 2.92. The van der Waals surface area contributed by atoms with Crippen LogP contribution in [-0.4, -0.2) is 15.0 Å². The van der Waals surface area contributed by atoms with Crippen molar-refractivity contribution in [2.75, 3.05) is 0 Å². The normalized spacial score (nSPS) is 19.1. The van der Waals surface area contributed by atoms with Crippen LogP contribution < -0.4 is 11.3 Å². The van der Waals surface area contributed by atoms with Crippen molar-refractivity contribution in [3.8, 4) is 0 Å². The number of hydrogen-bond acceptors (Lipinski definition) is 4. The first-order valence-electron chi connectivity index (χ1n) is 6.21. The molecule has 1 heterocycles. The summed E-state index contributed by atoms with van der Waals surface area (Å²) in [7, 11) is 0. The van der Waals surface area contributed by atoms with E-state index in [1.807, 2.05) is 10.9 Å². The first-order valence-corrected chi connectivity index (χ1v) is 6.21. The Kier molecular flexibility index (Phi) is 3.90. The first kappa shape index (κ1) is 11.5. The topological polar surface area (TPSA) is 68.8 Å². The van der Waals surface area contributed by atoms with Gasteiger partial charge in [0.2, 0.25) is 0 Å². The zero-order valence-electron chi connectivity index (χ0n) is 9.89. The molecular weight excluding hydrogens is 202 g/mol. The molecule has 90 valence electrons. The van der Waals surface area contributed by atoms with Crippen molar-refractivity contribution < 1.29 is 0 Å². The van der Waals surface area contributed by atoms with Crippen LogP contribution in [0.1, 0.15) is 50.8 Å². The molecule has 0 aliphatic heterocycles. The third-order valence-electron chi connectivity index (χ3n) is 3.45. The Morgan fingerprint density at radius 3 is 2.94 bits per heavy atom. The molecule has 1 unspecified atom stereocenters. The number of hydrogen-bond donors (Lipinski definition) is 2. The summed E-state index contributed by atoms with van der Waals surface area (Å²) < 4.78 is 1.98. The van der Waals surface area contributed by atoms with E-state index in [4.69, 9.17) is 5.84 Å². The monoisotopic (exact) mass is 223 g/mol. The minimum Gasteiger partial charge on any atom is -0.271 e. The molecule has 1 aromatic rings. The highest BCUT2D eigenvalue weighted by Gasteiger charge is 2.28. The second-order valence-electron chi connectivity index (χ2n) is 4.57. The lowest BCUT2D eigenvalue weighted by atomic mass is 9.96. The van der Waals surface area contributed by atoms with Gasteiger partial charge < -0.3 is 0 Å². The van der Waals surface area contributed by atoms with E-state index in [1.165, 1.54) is 25.7 Å². The summed E-state index contributed by atoms with van der Waals surface area (Å²) in [6.45, 7) is 3.06. The molecule has 5 heteroatoms. The van der Waals surface area contributed by atoms with E-state index in [0.29, 0.717) is 5.92 Å². The molecule has 16 heavy (non-hydrogen) atoms. The molecule has 0 radical (unpaired) electrons. The highest BCUT2D eigenvalue weighted by Crippen LogP contribution is 2.34. The molecule has 0 aromatic carbocycles. The van der Waals surface area contributed by atoms with Crippen molar-refractivity contribution in [2.24, 2.45) is 11.8 Å². The lowest BCUT2D eigenvalue weighted by Crippen LogP contribution is -2.34. The molecule has 1 fully saturated rings. The summed E-state index contributed by atoms with van der Waals surface area (Å²) in [5.41, 5.74) is 4.08. The van der Waals surface area contributed by atoms with Gasteiger partial charge in [0.25, 0.3) is 0 Å². The van der Waals surface area contributed by atoms with Gasteiger partial charge in [0, 0.05) is 6.54 Å². The summed E-state index contributed by atoms with van der Waals surface area (Å²) in [5.74, 6) is 6.33. The van der Waals surface area contributed by atoms with E-state index in [-0.39, 0.29) is 6.04 Å². The maximum Gasteiger partial charge on any atom is 0.0772 e. The highest BCUT2D eigenvalue weighted by atomic mass is 15.4. The number of nitrogens with zero attached hydrogens (tertiary/aromatic N) is 3. The predicted octanol–water partition coefficient (Wildman–Crippen LogP) is 1.38. The number of hydrazine groups is 1. The molecule has 1 atom stereocenters. The molecule has 2 rings (SSSR count). The molecule has 1 aromatic heterocycles. The third-order valence-corrected chi connectivity index (χ3v) is 3.45. The first-order chi connectivity index (χ1) is 7.86. The van der Waals surface area contributed by atoms with Crippen LogP contribution in [0.2, 0.25) is 0 Å². The Morgan fingerprint density at radius 1 is 1.56 bits per heavy atom. The lowest BCUT2D eigenvalue weighted by molar-refractivity contribution is 0.348. The van der Waals surface area contributed by atoms with Crippen LogP contribution in [0, 0.1) is 5.92 Å². The third kappa shape index (κ3) is 2.25. The number of aryl methyl sites for hydroxylation is 1. The second-order valence-corrected chi connectivity index (χ2v) is 4.57. The lowest BCUT2D eigenvalue weighted by Gasteiger charge is -2.22. The average molecular weight is 223 g/mol. The number of nitrogens with one attached hydrogen (secondary N) is 1. The molecule has 0 saturated heterocycles. The van der Waals surface area contributed by atoms with Gasteiger partial charge in [-0.2, -0.15) is 0 Å². The molecule has 1 aliphatic carbocycles. The molecule has 1 aliphatic rings. The molecule has 0 spiro atoms. The standard InChI is InChI=1S/C11H21N5/c1-2-7-16-10(8-13-15-16)11(14-12)9-5-3-4-6-9/h8-9,11,14H,2-7,12H2,1H3. The Hall–Kier alpha value is -0.940. The van der Waals surface area contributed by atoms with Gasteiger partial charge in [0.15, 0.2) is 0 Å². The quantitative estimate of drug-likeness (QED) is 0.584. The summed E-state index contributed by atoms with van der Waals surface area (Å²) in [5, 5.41) is 8.12. The zero-order valence-corrected chi connectivity index (χ0v) is 9.89. The van der Waals surface area contributed by atoms with E-state index in [2.05, 4.69) is 22.7 Å². The minimum atomic E-state index is 0.212. The van der Waals surface area contributed by atoms with Gasteiger partial charge in [-0.25, -0.2) is 4.68 Å². The summed E-state index contributed by atoms with van der Waals surface area (Å²) in [6, 6.07) is 0.212. The van der Waals surface area contributed by atoms with Crippen LogP contribution in [0.4, 0.5) is 0 Å². The van der Waals surface area contributed by atoms with Gasteiger partial charge in [-0.15, -0.1) is 5.10 Å². The number of aromatic nitrogens is 3. The van der Waals surface area contributed by atoms with Crippen molar-refractivity contribution in [1.82, 2.24) is 20.4 Å². The summed E-state index contributed by atoms with van der Waals surface area (Å²) in [6.07, 6.45) is 8.06. The van der Waals surface area contributed by atoms with Crippen LogP contribution in [0.3, 0.4) is 0 Å². The second kappa shape index (κ2) is 5.41. The van der Waals surface area contributed by atoms with Crippen molar-refractivity contribution in [2.45, 2.75) is 51.6 Å². The van der Waals surface area contributed by atoms with Crippen LogP contribution >= 0.6 is 0 Å². The zero-order chi connectivity index (χ0) is 11.4. The fourth-order valence-electron chi connectivity index (χ4n) is 2.65. The van der Waals surface area contributed by atoms with Gasteiger partial charge in [-0.1, -0.05) is 25.0 Å². The smallest absolute Gasteiger partial charge is 0.0772 e. The molecule has 0 bridgehead atoms. The van der Waals surface area contributed by atoms with Crippen LogP contribution in [0.5, 0.6) is 0 Å². The predicted molar refractivity (Wildman–Crippen MR) is 62.3 cm³/mol. The Bertz CT molecular complexity index is 316. The van der Waals surface area contributed by atoms with E-state index < -0.39 is 0 Å². The Balaban J connectivity index is 2.15. The van der Waals surface area contributed by atoms with Crippen LogP contribution in [0.15, 0.2) is 6.20 Å². The van der Waals surface area contributed by atoms with Gasteiger partial charge in [0.05, 0.1) is 17.9 Å². The van der Waals surface area contributed by atoms with Gasteiger partial charge in [-0.3, -0.25) is 11.3 Å². The van der Waals surface area contributed by atoms with Gasteiger partial charge in [0.1, 0.15) is 0 Å². The molecule has 0 amide bonds.